The van der Waals surface area contributed by atoms with Crippen LogP contribution in [0, 0.1) is 0 Å². The second-order valence-electron chi connectivity index (χ2n) is 4.67. The summed E-state index contributed by atoms with van der Waals surface area (Å²) in [4.78, 5) is 15.2. The maximum atomic E-state index is 10.6. The summed E-state index contributed by atoms with van der Waals surface area (Å²) in [7, 11) is 2.10. The largest absolute Gasteiger partial charge is 0.478 e. The summed E-state index contributed by atoms with van der Waals surface area (Å²) < 4.78 is 0. The van der Waals surface area contributed by atoms with E-state index in [2.05, 4.69) is 16.8 Å². The number of carboxylic acid groups (broad SMARTS) is 1. The summed E-state index contributed by atoms with van der Waals surface area (Å²) in [6, 6.07) is 5.53. The number of anilines is 1. The first-order chi connectivity index (χ1) is 9.06. The number of hydrogen-bond donors (Lipinski definition) is 1. The van der Waals surface area contributed by atoms with Gasteiger partial charge in [0.25, 0.3) is 0 Å². The molecule has 19 heavy (non-hydrogen) atoms. The molecule has 0 atom stereocenters. The number of carbonyl (C=O) groups is 1. The molecular formula is C14H17ClN2O2. The fraction of sp³-hybridized carbons (Fsp3) is 0.357. The molecule has 1 saturated heterocycles. The van der Waals surface area contributed by atoms with E-state index in [0.29, 0.717) is 5.02 Å². The van der Waals surface area contributed by atoms with Crippen molar-refractivity contribution in [3.05, 3.63) is 34.9 Å². The molecule has 1 heterocycles. The fourth-order valence-corrected chi connectivity index (χ4v) is 2.31. The first kappa shape index (κ1) is 13.9. The summed E-state index contributed by atoms with van der Waals surface area (Å²) >= 11 is 6.05. The minimum Gasteiger partial charge on any atom is -0.478 e. The van der Waals surface area contributed by atoms with E-state index in [1.54, 1.807) is 12.1 Å². The van der Waals surface area contributed by atoms with E-state index in [-0.39, 0.29) is 0 Å². The van der Waals surface area contributed by atoms with E-state index in [1.807, 2.05) is 12.1 Å². The summed E-state index contributed by atoms with van der Waals surface area (Å²) in [5.41, 5.74) is 1.88. The second kappa shape index (κ2) is 6.08. The van der Waals surface area contributed by atoms with Crippen LogP contribution in [0.3, 0.4) is 0 Å². The minimum atomic E-state index is -0.945. The lowest BCUT2D eigenvalue weighted by Crippen LogP contribution is -2.44. The number of likely N-dealkylation sites (N-methyl/N-ethyl adjacent to an activating group) is 1. The molecule has 2 rings (SSSR count). The number of aliphatic carboxylic acids is 1. The number of piperazine rings is 1. The highest BCUT2D eigenvalue weighted by Gasteiger charge is 2.16. The average molecular weight is 281 g/mol. The highest BCUT2D eigenvalue weighted by atomic mass is 35.5. The molecule has 4 nitrogen and oxygen atoms in total. The van der Waals surface area contributed by atoms with Crippen molar-refractivity contribution < 1.29 is 9.90 Å². The van der Waals surface area contributed by atoms with E-state index < -0.39 is 5.97 Å². The van der Waals surface area contributed by atoms with Gasteiger partial charge in [-0.25, -0.2) is 4.79 Å². The van der Waals surface area contributed by atoms with Crippen LogP contribution in [-0.4, -0.2) is 49.2 Å². The molecule has 5 heteroatoms. The van der Waals surface area contributed by atoms with Crippen molar-refractivity contribution in [2.75, 3.05) is 38.1 Å². The predicted octanol–water partition coefficient (Wildman–Crippen LogP) is 2.19. The standard InChI is InChI=1S/C14H17ClN2O2/c1-16-6-8-17(9-7-16)13-10-12(15)4-2-11(13)3-5-14(18)19/h2-5,10H,6-9H2,1H3,(H,18,19)/b5-3+. The van der Waals surface area contributed by atoms with E-state index in [9.17, 15) is 4.79 Å². The van der Waals surface area contributed by atoms with Gasteiger partial charge in [-0.1, -0.05) is 17.7 Å². The zero-order valence-electron chi connectivity index (χ0n) is 10.8. The quantitative estimate of drug-likeness (QED) is 0.862. The molecule has 0 aliphatic carbocycles. The van der Waals surface area contributed by atoms with Gasteiger partial charge in [0, 0.05) is 43.0 Å². The third-order valence-corrected chi connectivity index (χ3v) is 3.48. The van der Waals surface area contributed by atoms with E-state index in [0.717, 1.165) is 43.5 Å². The number of rotatable bonds is 3. The van der Waals surface area contributed by atoms with E-state index in [4.69, 9.17) is 16.7 Å². The molecule has 0 unspecified atom stereocenters. The van der Waals surface area contributed by atoms with Crippen molar-refractivity contribution >= 4 is 29.3 Å². The Balaban J connectivity index is 2.26. The molecule has 1 aliphatic heterocycles. The van der Waals surface area contributed by atoms with Gasteiger partial charge >= 0.3 is 5.97 Å². The van der Waals surface area contributed by atoms with Crippen molar-refractivity contribution in [1.29, 1.82) is 0 Å². The van der Waals surface area contributed by atoms with Crippen LogP contribution < -0.4 is 4.90 Å². The average Bonchev–Trinajstić information content (AvgIpc) is 2.38. The first-order valence-electron chi connectivity index (χ1n) is 6.20. The third kappa shape index (κ3) is 3.72. The number of nitrogens with zero attached hydrogens (tertiary/aromatic N) is 2. The lowest BCUT2D eigenvalue weighted by Gasteiger charge is -2.35. The lowest BCUT2D eigenvalue weighted by atomic mass is 10.1. The van der Waals surface area contributed by atoms with Crippen LogP contribution >= 0.6 is 11.6 Å². The maximum absolute atomic E-state index is 10.6. The van der Waals surface area contributed by atoms with Crippen molar-refractivity contribution in [3.8, 4) is 0 Å². The Labute approximate surface area is 117 Å². The highest BCUT2D eigenvalue weighted by Crippen LogP contribution is 2.27. The SMILES string of the molecule is CN1CCN(c2cc(Cl)ccc2/C=C/C(=O)O)CC1. The maximum Gasteiger partial charge on any atom is 0.328 e. The number of halogens is 1. The van der Waals surface area contributed by atoms with E-state index >= 15 is 0 Å². The van der Waals surface area contributed by atoms with Crippen LogP contribution in [0.25, 0.3) is 6.08 Å². The van der Waals surface area contributed by atoms with Gasteiger partial charge in [0.2, 0.25) is 0 Å². The van der Waals surface area contributed by atoms with Crippen molar-refractivity contribution in [1.82, 2.24) is 4.90 Å². The molecule has 1 aromatic rings. The molecule has 1 fully saturated rings. The zero-order chi connectivity index (χ0) is 13.8. The summed E-state index contributed by atoms with van der Waals surface area (Å²) in [6.45, 7) is 3.83. The Kier molecular flexibility index (Phi) is 4.45. The molecule has 0 radical (unpaired) electrons. The highest BCUT2D eigenvalue weighted by molar-refractivity contribution is 6.31. The Bertz CT molecular complexity index is 494. The number of hydrogen-bond acceptors (Lipinski definition) is 3. The molecule has 0 saturated carbocycles. The first-order valence-corrected chi connectivity index (χ1v) is 6.58. The molecule has 0 bridgehead atoms. The molecule has 1 N–H and O–H groups in total. The molecule has 102 valence electrons. The van der Waals surface area contributed by atoms with Gasteiger partial charge in [-0.15, -0.1) is 0 Å². The predicted molar refractivity (Wildman–Crippen MR) is 77.8 cm³/mol. The van der Waals surface area contributed by atoms with Crippen molar-refractivity contribution in [2.24, 2.45) is 0 Å². The topological polar surface area (TPSA) is 43.8 Å². The van der Waals surface area contributed by atoms with Crippen LogP contribution in [0.4, 0.5) is 5.69 Å². The van der Waals surface area contributed by atoms with Crippen LogP contribution in [0.1, 0.15) is 5.56 Å². The Morgan fingerprint density at radius 3 is 2.63 bits per heavy atom. The molecule has 0 amide bonds. The Morgan fingerprint density at radius 1 is 1.32 bits per heavy atom. The van der Waals surface area contributed by atoms with Crippen LogP contribution in [0.5, 0.6) is 0 Å². The summed E-state index contributed by atoms with van der Waals surface area (Å²) in [5.74, 6) is -0.945. The Morgan fingerprint density at radius 2 is 2.00 bits per heavy atom. The summed E-state index contributed by atoms with van der Waals surface area (Å²) in [6.07, 6.45) is 2.77. The van der Waals surface area contributed by atoms with Gasteiger partial charge in [0.05, 0.1) is 0 Å². The molecule has 0 spiro atoms. The van der Waals surface area contributed by atoms with Gasteiger partial charge in [-0.05, 0) is 30.8 Å². The van der Waals surface area contributed by atoms with Crippen LogP contribution in [0.2, 0.25) is 5.02 Å². The van der Waals surface area contributed by atoms with Crippen LogP contribution in [-0.2, 0) is 4.79 Å². The van der Waals surface area contributed by atoms with Gasteiger partial charge in [-0.3, -0.25) is 0 Å². The number of carboxylic acids is 1. The van der Waals surface area contributed by atoms with Crippen LogP contribution in [0.15, 0.2) is 24.3 Å². The van der Waals surface area contributed by atoms with Crippen molar-refractivity contribution in [2.45, 2.75) is 0 Å². The van der Waals surface area contributed by atoms with E-state index in [1.165, 1.54) is 0 Å². The molecule has 0 aromatic heterocycles. The zero-order valence-corrected chi connectivity index (χ0v) is 11.6. The molecule has 1 aliphatic rings. The molecule has 1 aromatic carbocycles. The summed E-state index contributed by atoms with van der Waals surface area (Å²) in [5, 5.41) is 9.40. The third-order valence-electron chi connectivity index (χ3n) is 3.24. The van der Waals surface area contributed by atoms with Gasteiger partial charge in [0.1, 0.15) is 0 Å². The molecular weight excluding hydrogens is 264 g/mol. The Hall–Kier alpha value is -1.52. The number of benzene rings is 1. The normalized spacial score (nSPS) is 17.1. The minimum absolute atomic E-state index is 0.668. The van der Waals surface area contributed by atoms with Gasteiger partial charge in [-0.2, -0.15) is 0 Å². The van der Waals surface area contributed by atoms with Crippen molar-refractivity contribution in [3.63, 3.8) is 0 Å². The monoisotopic (exact) mass is 280 g/mol. The second-order valence-corrected chi connectivity index (χ2v) is 5.10. The smallest absolute Gasteiger partial charge is 0.328 e. The lowest BCUT2D eigenvalue weighted by molar-refractivity contribution is -0.131. The fourth-order valence-electron chi connectivity index (χ4n) is 2.14. The van der Waals surface area contributed by atoms with Gasteiger partial charge < -0.3 is 14.9 Å². The van der Waals surface area contributed by atoms with Gasteiger partial charge in [0.15, 0.2) is 0 Å².